The lowest BCUT2D eigenvalue weighted by atomic mass is 10.2. The molecule has 0 saturated carbocycles. The number of hydrogen-bond donors (Lipinski definition) is 1. The smallest absolute Gasteiger partial charge is 0.234 e. The average Bonchev–Trinajstić information content (AvgIpc) is 2.66. The van der Waals surface area contributed by atoms with Crippen molar-refractivity contribution in [2.45, 2.75) is 25.4 Å². The minimum Gasteiger partial charge on any atom is -0.368 e. The molecule has 0 radical (unpaired) electrons. The maximum atomic E-state index is 11.2. The third kappa shape index (κ3) is 2.51. The number of nitrogens with two attached hydrogens (primary N) is 1. The van der Waals surface area contributed by atoms with E-state index in [0.717, 1.165) is 25.1 Å². The molecule has 1 aliphatic heterocycles. The maximum absolute atomic E-state index is 11.2. The number of carbonyl (C=O) groups excluding carboxylic acids is 1. The van der Waals surface area contributed by atoms with Crippen molar-refractivity contribution in [3.8, 4) is 0 Å². The Labute approximate surface area is 99.4 Å². The monoisotopic (exact) mass is 239 g/mol. The summed E-state index contributed by atoms with van der Waals surface area (Å²) in [6, 6.07) is 3.40. The van der Waals surface area contributed by atoms with Gasteiger partial charge in [0.2, 0.25) is 5.91 Å². The van der Waals surface area contributed by atoms with Crippen LogP contribution in [-0.4, -0.2) is 28.4 Å². The first-order chi connectivity index (χ1) is 7.66. The SMILES string of the molecule is NC(=O)C1CCCN1Cc1cc(Cl)ccn1. The van der Waals surface area contributed by atoms with Crippen LogP contribution in [-0.2, 0) is 11.3 Å². The maximum Gasteiger partial charge on any atom is 0.234 e. The van der Waals surface area contributed by atoms with E-state index in [1.54, 1.807) is 12.3 Å². The minimum absolute atomic E-state index is 0.152. The third-order valence-corrected chi connectivity index (χ3v) is 3.07. The molecule has 4 nitrogen and oxygen atoms in total. The molecule has 2 N–H and O–H groups in total. The van der Waals surface area contributed by atoms with Crippen molar-refractivity contribution in [3.63, 3.8) is 0 Å². The van der Waals surface area contributed by atoms with Gasteiger partial charge in [0.1, 0.15) is 0 Å². The molecule has 2 rings (SSSR count). The summed E-state index contributed by atoms with van der Waals surface area (Å²) in [6.45, 7) is 1.52. The van der Waals surface area contributed by atoms with Crippen molar-refractivity contribution in [3.05, 3.63) is 29.0 Å². The lowest BCUT2D eigenvalue weighted by molar-refractivity contribution is -0.122. The Hall–Kier alpha value is -1.13. The average molecular weight is 240 g/mol. The highest BCUT2D eigenvalue weighted by atomic mass is 35.5. The molecule has 1 amide bonds. The molecule has 0 spiro atoms. The lowest BCUT2D eigenvalue weighted by Crippen LogP contribution is -2.39. The van der Waals surface area contributed by atoms with Gasteiger partial charge in [-0.1, -0.05) is 11.6 Å². The summed E-state index contributed by atoms with van der Waals surface area (Å²) in [4.78, 5) is 17.5. The highest BCUT2D eigenvalue weighted by Gasteiger charge is 2.28. The zero-order valence-electron chi connectivity index (χ0n) is 8.90. The molecule has 1 fully saturated rings. The van der Waals surface area contributed by atoms with Crippen LogP contribution in [0.25, 0.3) is 0 Å². The molecule has 1 aromatic heterocycles. The van der Waals surface area contributed by atoms with Crippen LogP contribution < -0.4 is 5.73 Å². The van der Waals surface area contributed by atoms with Crippen LogP contribution in [0.3, 0.4) is 0 Å². The fourth-order valence-corrected chi connectivity index (χ4v) is 2.26. The van der Waals surface area contributed by atoms with Crippen molar-refractivity contribution in [1.29, 1.82) is 0 Å². The second kappa shape index (κ2) is 4.80. The number of carbonyl (C=O) groups is 1. The number of rotatable bonds is 3. The van der Waals surface area contributed by atoms with Gasteiger partial charge in [-0.05, 0) is 31.5 Å². The first kappa shape index (κ1) is 11.4. The summed E-state index contributed by atoms with van der Waals surface area (Å²) >= 11 is 5.88. The van der Waals surface area contributed by atoms with Gasteiger partial charge < -0.3 is 5.73 Å². The fourth-order valence-electron chi connectivity index (χ4n) is 2.08. The van der Waals surface area contributed by atoms with Crippen LogP contribution in [0.4, 0.5) is 0 Å². The number of halogens is 1. The van der Waals surface area contributed by atoms with Crippen LogP contribution in [0.2, 0.25) is 5.02 Å². The Morgan fingerprint density at radius 1 is 1.69 bits per heavy atom. The van der Waals surface area contributed by atoms with Crippen LogP contribution in [0.1, 0.15) is 18.5 Å². The molecule has 5 heteroatoms. The number of pyridine rings is 1. The second-order valence-electron chi connectivity index (χ2n) is 4.00. The molecule has 1 saturated heterocycles. The van der Waals surface area contributed by atoms with E-state index in [9.17, 15) is 4.79 Å². The molecule has 1 aliphatic rings. The largest absolute Gasteiger partial charge is 0.368 e. The standard InChI is InChI=1S/C11H14ClN3O/c12-8-3-4-14-9(6-8)7-15-5-1-2-10(15)11(13)16/h3-4,6,10H,1-2,5,7H2,(H2,13,16). The number of primary amides is 1. The molecule has 86 valence electrons. The summed E-state index contributed by atoms with van der Waals surface area (Å²) in [5.74, 6) is -0.250. The predicted octanol–water partition coefficient (Wildman–Crippen LogP) is 1.18. The van der Waals surface area contributed by atoms with Gasteiger partial charge in [0.05, 0.1) is 11.7 Å². The number of nitrogens with zero attached hydrogens (tertiary/aromatic N) is 2. The zero-order chi connectivity index (χ0) is 11.5. The summed E-state index contributed by atoms with van der Waals surface area (Å²) in [7, 11) is 0. The Balaban J connectivity index is 2.06. The molecule has 0 aromatic carbocycles. The normalized spacial score (nSPS) is 21.2. The topological polar surface area (TPSA) is 59.2 Å². The summed E-state index contributed by atoms with van der Waals surface area (Å²) in [5.41, 5.74) is 6.22. The third-order valence-electron chi connectivity index (χ3n) is 2.84. The molecule has 2 heterocycles. The van der Waals surface area contributed by atoms with Crippen molar-refractivity contribution in [2.75, 3.05) is 6.54 Å². The number of amides is 1. The minimum atomic E-state index is -0.250. The van der Waals surface area contributed by atoms with E-state index in [1.807, 2.05) is 6.07 Å². The van der Waals surface area contributed by atoms with Crippen molar-refractivity contribution in [1.82, 2.24) is 9.88 Å². The van der Waals surface area contributed by atoms with Crippen LogP contribution >= 0.6 is 11.6 Å². The van der Waals surface area contributed by atoms with E-state index in [1.165, 1.54) is 0 Å². The van der Waals surface area contributed by atoms with Gasteiger partial charge in [0.15, 0.2) is 0 Å². The first-order valence-electron chi connectivity index (χ1n) is 5.30. The Morgan fingerprint density at radius 3 is 3.19 bits per heavy atom. The predicted molar refractivity (Wildman–Crippen MR) is 61.9 cm³/mol. The number of hydrogen-bond acceptors (Lipinski definition) is 3. The molecule has 0 bridgehead atoms. The summed E-state index contributed by atoms with van der Waals surface area (Å²) < 4.78 is 0. The fraction of sp³-hybridized carbons (Fsp3) is 0.455. The Morgan fingerprint density at radius 2 is 2.50 bits per heavy atom. The summed E-state index contributed by atoms with van der Waals surface area (Å²) in [6.07, 6.45) is 3.52. The molecule has 0 aliphatic carbocycles. The highest BCUT2D eigenvalue weighted by Crippen LogP contribution is 2.19. The van der Waals surface area contributed by atoms with Crippen LogP contribution in [0.5, 0.6) is 0 Å². The van der Waals surface area contributed by atoms with Gasteiger partial charge in [-0.15, -0.1) is 0 Å². The summed E-state index contributed by atoms with van der Waals surface area (Å²) in [5, 5.41) is 0.667. The Bertz CT molecular complexity index is 397. The van der Waals surface area contributed by atoms with Crippen molar-refractivity contribution < 1.29 is 4.79 Å². The van der Waals surface area contributed by atoms with E-state index >= 15 is 0 Å². The quantitative estimate of drug-likeness (QED) is 0.862. The van der Waals surface area contributed by atoms with Crippen molar-refractivity contribution in [2.24, 2.45) is 5.73 Å². The second-order valence-corrected chi connectivity index (χ2v) is 4.43. The van der Waals surface area contributed by atoms with Gasteiger partial charge in [-0.2, -0.15) is 0 Å². The molecular weight excluding hydrogens is 226 g/mol. The number of likely N-dealkylation sites (tertiary alicyclic amines) is 1. The molecular formula is C11H14ClN3O. The van der Waals surface area contributed by atoms with Gasteiger partial charge >= 0.3 is 0 Å². The van der Waals surface area contributed by atoms with Gasteiger partial charge in [0.25, 0.3) is 0 Å². The van der Waals surface area contributed by atoms with Crippen LogP contribution in [0, 0.1) is 0 Å². The van der Waals surface area contributed by atoms with E-state index < -0.39 is 0 Å². The van der Waals surface area contributed by atoms with E-state index in [0.29, 0.717) is 11.6 Å². The van der Waals surface area contributed by atoms with Gasteiger partial charge in [0, 0.05) is 17.8 Å². The van der Waals surface area contributed by atoms with Gasteiger partial charge in [-0.3, -0.25) is 14.7 Å². The molecule has 1 atom stereocenters. The molecule has 1 unspecified atom stereocenters. The van der Waals surface area contributed by atoms with E-state index in [4.69, 9.17) is 17.3 Å². The van der Waals surface area contributed by atoms with Crippen LogP contribution in [0.15, 0.2) is 18.3 Å². The Kier molecular flexibility index (Phi) is 3.41. The molecule has 16 heavy (non-hydrogen) atoms. The lowest BCUT2D eigenvalue weighted by Gasteiger charge is -2.21. The zero-order valence-corrected chi connectivity index (χ0v) is 9.65. The van der Waals surface area contributed by atoms with Gasteiger partial charge in [-0.25, -0.2) is 0 Å². The number of aromatic nitrogens is 1. The highest BCUT2D eigenvalue weighted by molar-refractivity contribution is 6.30. The van der Waals surface area contributed by atoms with Crippen molar-refractivity contribution >= 4 is 17.5 Å². The van der Waals surface area contributed by atoms with E-state index in [2.05, 4.69) is 9.88 Å². The first-order valence-corrected chi connectivity index (χ1v) is 5.68. The molecule has 1 aromatic rings. The van der Waals surface area contributed by atoms with E-state index in [-0.39, 0.29) is 11.9 Å².